The van der Waals surface area contributed by atoms with Gasteiger partial charge in [-0.15, -0.1) is 0 Å². The fourth-order valence-electron chi connectivity index (χ4n) is 3.22. The number of carbonyl (C=O) groups is 1. The number of likely N-dealkylation sites (tertiary alicyclic amines) is 1. The quantitative estimate of drug-likeness (QED) is 0.907. The van der Waals surface area contributed by atoms with Gasteiger partial charge in [0.05, 0.1) is 0 Å². The summed E-state index contributed by atoms with van der Waals surface area (Å²) in [6.07, 6.45) is 3.73. The van der Waals surface area contributed by atoms with E-state index in [0.29, 0.717) is 11.9 Å². The minimum atomic E-state index is -0.178. The summed E-state index contributed by atoms with van der Waals surface area (Å²) in [7, 11) is 1.83. The van der Waals surface area contributed by atoms with Crippen LogP contribution in [0.25, 0.3) is 0 Å². The molecule has 0 bridgehead atoms. The molecule has 2 unspecified atom stereocenters. The molecule has 0 saturated carbocycles. The Labute approximate surface area is 142 Å². The molecular formula is C18H25N5O. The van der Waals surface area contributed by atoms with Crippen molar-refractivity contribution in [2.24, 2.45) is 7.05 Å². The van der Waals surface area contributed by atoms with Gasteiger partial charge >= 0.3 is 6.03 Å². The molecule has 0 aliphatic carbocycles. The first-order chi connectivity index (χ1) is 11.6. The summed E-state index contributed by atoms with van der Waals surface area (Å²) in [6.45, 7) is 4.19. The van der Waals surface area contributed by atoms with E-state index in [-0.39, 0.29) is 12.1 Å². The fourth-order valence-corrected chi connectivity index (χ4v) is 3.22. The standard InChI is InChI=1S/C18H25N5O/c1-14-12-16(19-18(24)20-17-9-10-22(2)21-17)8-11-23(14)13-15-6-4-3-5-7-15/h3-7,9-10,14,16H,8,11-13H2,1-2H3,(H2,19,20,21,24). The predicted octanol–water partition coefficient (Wildman–Crippen LogP) is 2.59. The summed E-state index contributed by atoms with van der Waals surface area (Å²) in [4.78, 5) is 14.6. The summed E-state index contributed by atoms with van der Waals surface area (Å²) < 4.78 is 1.67. The Morgan fingerprint density at radius 2 is 2.08 bits per heavy atom. The molecular weight excluding hydrogens is 302 g/mol. The number of hydrogen-bond acceptors (Lipinski definition) is 3. The highest BCUT2D eigenvalue weighted by Crippen LogP contribution is 2.20. The van der Waals surface area contributed by atoms with Crippen LogP contribution in [0.5, 0.6) is 0 Å². The van der Waals surface area contributed by atoms with Crippen molar-refractivity contribution in [3.05, 3.63) is 48.2 Å². The second-order valence-electron chi connectivity index (χ2n) is 6.50. The SMILES string of the molecule is CC1CC(NC(=O)Nc2ccn(C)n2)CCN1Cc1ccccc1. The summed E-state index contributed by atoms with van der Waals surface area (Å²) in [5.74, 6) is 0.574. The highest BCUT2D eigenvalue weighted by atomic mass is 16.2. The number of benzene rings is 1. The highest BCUT2D eigenvalue weighted by molar-refractivity contribution is 5.88. The lowest BCUT2D eigenvalue weighted by Crippen LogP contribution is -2.49. The molecule has 0 spiro atoms. The van der Waals surface area contributed by atoms with Gasteiger partial charge in [-0.2, -0.15) is 5.10 Å². The number of anilines is 1. The Bertz CT molecular complexity index is 669. The minimum Gasteiger partial charge on any atom is -0.335 e. The lowest BCUT2D eigenvalue weighted by atomic mass is 9.97. The van der Waals surface area contributed by atoms with E-state index in [1.807, 2.05) is 13.1 Å². The topological polar surface area (TPSA) is 62.2 Å². The maximum atomic E-state index is 12.1. The molecule has 1 saturated heterocycles. The van der Waals surface area contributed by atoms with Gasteiger partial charge in [-0.05, 0) is 25.3 Å². The Morgan fingerprint density at radius 3 is 2.75 bits per heavy atom. The maximum Gasteiger partial charge on any atom is 0.320 e. The third kappa shape index (κ3) is 4.35. The first-order valence-corrected chi connectivity index (χ1v) is 8.45. The van der Waals surface area contributed by atoms with E-state index in [0.717, 1.165) is 25.9 Å². The number of hydrogen-bond donors (Lipinski definition) is 2. The van der Waals surface area contributed by atoms with Gasteiger partial charge < -0.3 is 5.32 Å². The molecule has 1 aliphatic heterocycles. The Morgan fingerprint density at radius 1 is 1.29 bits per heavy atom. The van der Waals surface area contributed by atoms with E-state index in [1.54, 1.807) is 16.9 Å². The molecule has 2 aromatic rings. The highest BCUT2D eigenvalue weighted by Gasteiger charge is 2.26. The van der Waals surface area contributed by atoms with Gasteiger partial charge in [0.15, 0.2) is 5.82 Å². The van der Waals surface area contributed by atoms with Crippen LogP contribution in [0.2, 0.25) is 0 Å². The molecule has 3 rings (SSSR count). The Kier molecular flexibility index (Phi) is 5.15. The van der Waals surface area contributed by atoms with E-state index < -0.39 is 0 Å². The van der Waals surface area contributed by atoms with E-state index >= 15 is 0 Å². The Balaban J connectivity index is 1.47. The van der Waals surface area contributed by atoms with E-state index in [2.05, 4.69) is 51.8 Å². The van der Waals surface area contributed by atoms with Crippen molar-refractivity contribution in [3.8, 4) is 0 Å². The van der Waals surface area contributed by atoms with E-state index in [4.69, 9.17) is 0 Å². The predicted molar refractivity (Wildman–Crippen MR) is 94.7 cm³/mol. The molecule has 2 atom stereocenters. The molecule has 2 N–H and O–H groups in total. The first kappa shape index (κ1) is 16.5. The molecule has 128 valence electrons. The maximum absolute atomic E-state index is 12.1. The van der Waals surface area contributed by atoms with Crippen molar-refractivity contribution in [2.45, 2.75) is 38.4 Å². The first-order valence-electron chi connectivity index (χ1n) is 8.45. The number of carbonyl (C=O) groups excluding carboxylic acids is 1. The molecule has 1 aromatic carbocycles. The molecule has 0 radical (unpaired) electrons. The van der Waals surface area contributed by atoms with Crippen LogP contribution in [-0.2, 0) is 13.6 Å². The largest absolute Gasteiger partial charge is 0.335 e. The van der Waals surface area contributed by atoms with Crippen LogP contribution in [-0.4, -0.2) is 39.3 Å². The monoisotopic (exact) mass is 327 g/mol. The third-order valence-electron chi connectivity index (χ3n) is 4.53. The number of nitrogens with one attached hydrogen (secondary N) is 2. The second kappa shape index (κ2) is 7.49. The number of aryl methyl sites for hydroxylation is 1. The van der Waals surface area contributed by atoms with Crippen LogP contribution in [0.4, 0.5) is 10.6 Å². The van der Waals surface area contributed by atoms with Crippen molar-refractivity contribution < 1.29 is 4.79 Å². The fraction of sp³-hybridized carbons (Fsp3) is 0.444. The third-order valence-corrected chi connectivity index (χ3v) is 4.53. The normalized spacial score (nSPS) is 21.4. The summed E-state index contributed by atoms with van der Waals surface area (Å²) in [6, 6.07) is 12.8. The van der Waals surface area contributed by atoms with E-state index in [1.165, 1.54) is 5.56 Å². The molecule has 2 amide bonds. The van der Waals surface area contributed by atoms with Gasteiger partial charge in [-0.1, -0.05) is 30.3 Å². The number of rotatable bonds is 4. The number of nitrogens with zero attached hydrogens (tertiary/aromatic N) is 3. The van der Waals surface area contributed by atoms with Crippen LogP contribution in [0.15, 0.2) is 42.6 Å². The minimum absolute atomic E-state index is 0.178. The van der Waals surface area contributed by atoms with Crippen molar-refractivity contribution in [1.29, 1.82) is 0 Å². The van der Waals surface area contributed by atoms with Crippen molar-refractivity contribution in [1.82, 2.24) is 20.0 Å². The van der Waals surface area contributed by atoms with Gasteiger partial charge in [0.25, 0.3) is 0 Å². The molecule has 6 heteroatoms. The summed E-state index contributed by atoms with van der Waals surface area (Å²) in [5.41, 5.74) is 1.34. The molecule has 1 aliphatic rings. The molecule has 24 heavy (non-hydrogen) atoms. The second-order valence-corrected chi connectivity index (χ2v) is 6.50. The van der Waals surface area contributed by atoms with Gasteiger partial charge in [-0.25, -0.2) is 4.79 Å². The number of amides is 2. The number of aromatic nitrogens is 2. The Hall–Kier alpha value is -2.34. The van der Waals surface area contributed by atoms with Crippen molar-refractivity contribution in [2.75, 3.05) is 11.9 Å². The molecule has 1 aromatic heterocycles. The number of piperidine rings is 1. The van der Waals surface area contributed by atoms with Crippen LogP contribution in [0.3, 0.4) is 0 Å². The zero-order chi connectivity index (χ0) is 16.9. The summed E-state index contributed by atoms with van der Waals surface area (Å²) >= 11 is 0. The average molecular weight is 327 g/mol. The van der Waals surface area contributed by atoms with E-state index in [9.17, 15) is 4.79 Å². The smallest absolute Gasteiger partial charge is 0.320 e. The van der Waals surface area contributed by atoms with Crippen molar-refractivity contribution in [3.63, 3.8) is 0 Å². The van der Waals surface area contributed by atoms with Crippen LogP contribution in [0.1, 0.15) is 25.3 Å². The van der Waals surface area contributed by atoms with Gasteiger partial charge in [0, 0.05) is 44.5 Å². The zero-order valence-corrected chi connectivity index (χ0v) is 14.3. The molecule has 2 heterocycles. The van der Waals surface area contributed by atoms with Crippen molar-refractivity contribution >= 4 is 11.8 Å². The van der Waals surface area contributed by atoms with Crippen LogP contribution < -0.4 is 10.6 Å². The van der Waals surface area contributed by atoms with Crippen LogP contribution in [0, 0.1) is 0 Å². The zero-order valence-electron chi connectivity index (χ0n) is 14.3. The van der Waals surface area contributed by atoms with Gasteiger partial charge in [0.1, 0.15) is 0 Å². The molecule has 1 fully saturated rings. The molecule has 6 nitrogen and oxygen atoms in total. The lowest BCUT2D eigenvalue weighted by molar-refractivity contribution is 0.131. The number of urea groups is 1. The summed E-state index contributed by atoms with van der Waals surface area (Å²) in [5, 5.41) is 10.00. The van der Waals surface area contributed by atoms with Gasteiger partial charge in [-0.3, -0.25) is 14.9 Å². The van der Waals surface area contributed by atoms with Crippen LogP contribution >= 0.6 is 0 Å². The lowest BCUT2D eigenvalue weighted by Gasteiger charge is -2.38. The van der Waals surface area contributed by atoms with Gasteiger partial charge in [0.2, 0.25) is 0 Å². The average Bonchev–Trinajstić information content (AvgIpc) is 2.96.